The Morgan fingerprint density at radius 2 is 1.76 bits per heavy atom. The minimum absolute atomic E-state index is 0.147. The van der Waals surface area contributed by atoms with Gasteiger partial charge in [-0.25, -0.2) is 9.36 Å². The number of carbonyl (C=O) groups is 2. The molecule has 9 heteroatoms. The van der Waals surface area contributed by atoms with E-state index in [1.807, 2.05) is 51.1 Å². The van der Waals surface area contributed by atoms with Crippen LogP contribution in [0, 0.1) is 19.8 Å². The summed E-state index contributed by atoms with van der Waals surface area (Å²) in [4.78, 5) is 40.8. The lowest BCUT2D eigenvalue weighted by atomic mass is 9.96. The number of amides is 1. The third-order valence-electron chi connectivity index (χ3n) is 6.53. The van der Waals surface area contributed by atoms with Gasteiger partial charge in [-0.3, -0.25) is 14.4 Å². The molecule has 1 saturated heterocycles. The van der Waals surface area contributed by atoms with E-state index in [2.05, 4.69) is 10.2 Å². The monoisotopic (exact) mass is 465 g/mol. The molecule has 4 rings (SSSR count). The molecule has 3 aromatic rings. The summed E-state index contributed by atoms with van der Waals surface area (Å²) in [5.74, 6) is -0.534. The van der Waals surface area contributed by atoms with Gasteiger partial charge in [0.1, 0.15) is 11.6 Å². The molecule has 9 nitrogen and oxygen atoms in total. The van der Waals surface area contributed by atoms with Crippen molar-refractivity contribution >= 4 is 22.8 Å². The number of carbonyl (C=O) groups excluding carboxylic acids is 2. The van der Waals surface area contributed by atoms with Gasteiger partial charge in [-0.2, -0.15) is 10.2 Å². The fraction of sp³-hybridized carbons (Fsp3) is 0.480. The molecular weight excluding hydrogens is 434 g/mol. The molecule has 0 spiro atoms. The van der Waals surface area contributed by atoms with Crippen molar-refractivity contribution in [1.29, 1.82) is 0 Å². The van der Waals surface area contributed by atoms with Crippen molar-refractivity contribution in [3.63, 3.8) is 0 Å². The number of para-hydroxylation sites is 1. The molecule has 0 unspecified atom stereocenters. The average molecular weight is 466 g/mol. The summed E-state index contributed by atoms with van der Waals surface area (Å²) in [6.45, 7) is 8.60. The smallest absolute Gasteiger partial charge is 0.309 e. The van der Waals surface area contributed by atoms with Crippen LogP contribution in [-0.2, 0) is 14.3 Å². The number of hydrogen-bond acceptors (Lipinski definition) is 6. The number of rotatable bonds is 6. The second kappa shape index (κ2) is 9.79. The first-order valence-electron chi connectivity index (χ1n) is 11.9. The number of piperidine rings is 1. The van der Waals surface area contributed by atoms with E-state index in [1.165, 1.54) is 4.68 Å². The Bertz CT molecular complexity index is 1260. The molecule has 1 amide bonds. The largest absolute Gasteiger partial charge is 0.466 e. The van der Waals surface area contributed by atoms with E-state index in [1.54, 1.807) is 16.5 Å². The van der Waals surface area contributed by atoms with Crippen LogP contribution in [0.3, 0.4) is 0 Å². The molecule has 0 saturated carbocycles. The normalized spacial score (nSPS) is 15.5. The zero-order valence-electron chi connectivity index (χ0n) is 20.2. The van der Waals surface area contributed by atoms with Crippen LogP contribution < -0.4 is 5.56 Å². The molecule has 180 valence electrons. The summed E-state index contributed by atoms with van der Waals surface area (Å²) in [7, 11) is 0. The first kappa shape index (κ1) is 23.7. The highest BCUT2D eigenvalue weighted by Gasteiger charge is 2.33. The Hall–Kier alpha value is -3.49. The molecule has 3 heterocycles. The highest BCUT2D eigenvalue weighted by Crippen LogP contribution is 2.24. The van der Waals surface area contributed by atoms with E-state index < -0.39 is 6.04 Å². The van der Waals surface area contributed by atoms with E-state index in [0.29, 0.717) is 61.2 Å². The Morgan fingerprint density at radius 3 is 2.38 bits per heavy atom. The third kappa shape index (κ3) is 4.22. The fourth-order valence-corrected chi connectivity index (χ4v) is 4.67. The van der Waals surface area contributed by atoms with Crippen molar-refractivity contribution < 1.29 is 14.3 Å². The zero-order valence-corrected chi connectivity index (χ0v) is 20.2. The molecule has 34 heavy (non-hydrogen) atoms. The summed E-state index contributed by atoms with van der Waals surface area (Å²) in [5.41, 5.74) is 2.39. The molecule has 1 aliphatic rings. The van der Waals surface area contributed by atoms with E-state index in [9.17, 15) is 14.4 Å². The van der Waals surface area contributed by atoms with Crippen molar-refractivity contribution in [1.82, 2.24) is 24.5 Å². The van der Waals surface area contributed by atoms with E-state index in [0.717, 1.165) is 5.69 Å². The second-order valence-electron chi connectivity index (χ2n) is 8.67. The van der Waals surface area contributed by atoms with E-state index in [4.69, 9.17) is 4.74 Å². The van der Waals surface area contributed by atoms with E-state index in [-0.39, 0.29) is 23.4 Å². The molecular formula is C25H31N5O4. The topological polar surface area (TPSA) is 99.3 Å². The molecule has 1 aromatic carbocycles. The number of aryl methyl sites for hydroxylation is 2. The highest BCUT2D eigenvalue weighted by atomic mass is 16.5. The number of aromatic nitrogens is 4. The van der Waals surface area contributed by atoms with Crippen molar-refractivity contribution in [3.8, 4) is 5.69 Å². The van der Waals surface area contributed by atoms with Crippen LogP contribution in [0.15, 0.2) is 35.1 Å². The molecule has 0 bridgehead atoms. The summed E-state index contributed by atoms with van der Waals surface area (Å²) < 4.78 is 8.19. The summed E-state index contributed by atoms with van der Waals surface area (Å²) in [5, 5.41) is 9.63. The van der Waals surface area contributed by atoms with Crippen molar-refractivity contribution in [3.05, 3.63) is 52.1 Å². The maximum atomic E-state index is 13.6. The van der Waals surface area contributed by atoms with Gasteiger partial charge >= 0.3 is 5.97 Å². The van der Waals surface area contributed by atoms with Crippen LogP contribution in [0.4, 0.5) is 0 Å². The average Bonchev–Trinajstić information content (AvgIpc) is 3.21. The van der Waals surface area contributed by atoms with Gasteiger partial charge in [0.25, 0.3) is 5.56 Å². The maximum Gasteiger partial charge on any atom is 0.309 e. The minimum Gasteiger partial charge on any atom is -0.466 e. The van der Waals surface area contributed by atoms with Gasteiger partial charge in [0.05, 0.1) is 35.0 Å². The Kier molecular flexibility index (Phi) is 6.81. The van der Waals surface area contributed by atoms with E-state index >= 15 is 0 Å². The number of likely N-dealkylation sites (tertiary alicyclic amines) is 1. The first-order chi connectivity index (χ1) is 16.4. The number of nitrogens with zero attached hydrogens (tertiary/aromatic N) is 5. The number of hydrogen-bond donors (Lipinski definition) is 0. The van der Waals surface area contributed by atoms with Crippen molar-refractivity contribution in [2.24, 2.45) is 5.92 Å². The summed E-state index contributed by atoms with van der Waals surface area (Å²) in [6.07, 6.45) is 1.55. The molecule has 1 atom stereocenters. The van der Waals surface area contributed by atoms with Gasteiger partial charge in [-0.1, -0.05) is 25.1 Å². The van der Waals surface area contributed by atoms with Crippen LogP contribution in [0.2, 0.25) is 0 Å². The molecule has 0 radical (unpaired) electrons. The Balaban J connectivity index is 1.65. The quantitative estimate of drug-likeness (QED) is 0.519. The maximum absolute atomic E-state index is 13.6. The highest BCUT2D eigenvalue weighted by molar-refractivity contribution is 5.84. The first-order valence-corrected chi connectivity index (χ1v) is 11.9. The third-order valence-corrected chi connectivity index (χ3v) is 6.53. The zero-order chi connectivity index (χ0) is 24.4. The van der Waals surface area contributed by atoms with Gasteiger partial charge in [0.15, 0.2) is 0 Å². The minimum atomic E-state index is -0.714. The number of fused-ring (bicyclic) bond motifs is 1. The summed E-state index contributed by atoms with van der Waals surface area (Å²) >= 11 is 0. The summed E-state index contributed by atoms with van der Waals surface area (Å²) in [6, 6.07) is 8.91. The van der Waals surface area contributed by atoms with Crippen LogP contribution in [0.25, 0.3) is 16.6 Å². The van der Waals surface area contributed by atoms with Gasteiger partial charge < -0.3 is 9.64 Å². The lowest BCUT2D eigenvalue weighted by Crippen LogP contribution is -2.46. The Labute approximate surface area is 198 Å². The van der Waals surface area contributed by atoms with Crippen LogP contribution in [-0.4, -0.2) is 56.0 Å². The predicted octanol–water partition coefficient (Wildman–Crippen LogP) is 2.95. The lowest BCUT2D eigenvalue weighted by Gasteiger charge is -2.33. The van der Waals surface area contributed by atoms with Gasteiger partial charge in [0.2, 0.25) is 5.91 Å². The molecule has 0 aliphatic carbocycles. The molecule has 0 N–H and O–H groups in total. The van der Waals surface area contributed by atoms with Gasteiger partial charge in [0, 0.05) is 13.1 Å². The molecule has 2 aromatic heterocycles. The van der Waals surface area contributed by atoms with Crippen molar-refractivity contribution in [2.45, 2.75) is 53.0 Å². The van der Waals surface area contributed by atoms with Crippen LogP contribution in [0.1, 0.15) is 50.5 Å². The Morgan fingerprint density at radius 1 is 1.09 bits per heavy atom. The predicted molar refractivity (Wildman–Crippen MR) is 128 cm³/mol. The standard InChI is InChI=1S/C25H31N5O4/c1-5-20(23(31)28-14-12-18(13-15-28)25(33)34-6-2)30-24(32)21-17(4)29(19-10-8-7-9-11-19)27-22(21)16(3)26-30/h7-11,18,20H,5-6,12-15H2,1-4H3/t20-/m0/s1. The second-order valence-corrected chi connectivity index (χ2v) is 8.67. The van der Waals surface area contributed by atoms with Crippen molar-refractivity contribution in [2.75, 3.05) is 19.7 Å². The lowest BCUT2D eigenvalue weighted by molar-refractivity contribution is -0.151. The van der Waals surface area contributed by atoms with Crippen LogP contribution in [0.5, 0.6) is 0 Å². The van der Waals surface area contributed by atoms with Gasteiger partial charge in [-0.05, 0) is 52.2 Å². The number of ether oxygens (including phenoxy) is 1. The SMILES string of the molecule is CCOC(=O)C1CCN(C(=O)[C@H](CC)n2nc(C)c3nn(-c4ccccc4)c(C)c3c2=O)CC1. The fourth-order valence-electron chi connectivity index (χ4n) is 4.67. The number of benzene rings is 1. The molecule has 1 fully saturated rings. The number of esters is 1. The molecule has 1 aliphatic heterocycles. The van der Waals surface area contributed by atoms with Gasteiger partial charge in [-0.15, -0.1) is 0 Å². The van der Waals surface area contributed by atoms with Crippen LogP contribution >= 0.6 is 0 Å².